The van der Waals surface area contributed by atoms with Crippen LogP contribution in [0.2, 0.25) is 0 Å². The van der Waals surface area contributed by atoms with E-state index in [2.05, 4.69) is 25.0 Å². The zero-order valence-corrected chi connectivity index (χ0v) is 9.78. The lowest BCUT2D eigenvalue weighted by Gasteiger charge is -2.14. The number of hydrazine groups is 1. The zero-order chi connectivity index (χ0) is 11.8. The van der Waals surface area contributed by atoms with Gasteiger partial charge in [0.1, 0.15) is 5.75 Å². The fraction of sp³-hybridized carbons (Fsp3) is 0.385. The van der Waals surface area contributed by atoms with E-state index in [1.54, 1.807) is 0 Å². The lowest BCUT2D eigenvalue weighted by atomic mass is 10.1. The Morgan fingerprint density at radius 3 is 3.00 bits per heavy atom. The van der Waals surface area contributed by atoms with Crippen LogP contribution in [0.25, 0.3) is 0 Å². The SMILES string of the molecule is C=CCC(CCOc1cccc(C)c1)NN. The molecule has 3 heteroatoms. The Hall–Kier alpha value is -1.32. The molecule has 0 saturated carbocycles. The molecule has 0 amide bonds. The molecule has 0 heterocycles. The monoisotopic (exact) mass is 220 g/mol. The van der Waals surface area contributed by atoms with Gasteiger partial charge in [-0.2, -0.15) is 0 Å². The van der Waals surface area contributed by atoms with Gasteiger partial charge in [0.15, 0.2) is 0 Å². The van der Waals surface area contributed by atoms with Crippen molar-refractivity contribution in [1.82, 2.24) is 5.43 Å². The van der Waals surface area contributed by atoms with E-state index in [1.165, 1.54) is 5.56 Å². The average molecular weight is 220 g/mol. The first kappa shape index (κ1) is 12.7. The Morgan fingerprint density at radius 1 is 1.56 bits per heavy atom. The maximum Gasteiger partial charge on any atom is 0.119 e. The molecule has 16 heavy (non-hydrogen) atoms. The third-order valence-electron chi connectivity index (χ3n) is 2.41. The summed E-state index contributed by atoms with van der Waals surface area (Å²) in [5.74, 6) is 6.32. The second-order valence-corrected chi connectivity index (χ2v) is 3.84. The lowest BCUT2D eigenvalue weighted by Crippen LogP contribution is -2.35. The van der Waals surface area contributed by atoms with Crippen LogP contribution >= 0.6 is 0 Å². The predicted molar refractivity (Wildman–Crippen MR) is 67.2 cm³/mol. The fourth-order valence-corrected chi connectivity index (χ4v) is 1.49. The van der Waals surface area contributed by atoms with Gasteiger partial charge in [-0.05, 0) is 37.5 Å². The van der Waals surface area contributed by atoms with E-state index in [4.69, 9.17) is 10.6 Å². The third-order valence-corrected chi connectivity index (χ3v) is 2.41. The molecule has 1 rings (SSSR count). The van der Waals surface area contributed by atoms with Gasteiger partial charge in [0.25, 0.3) is 0 Å². The van der Waals surface area contributed by atoms with Crippen molar-refractivity contribution in [2.45, 2.75) is 25.8 Å². The summed E-state index contributed by atoms with van der Waals surface area (Å²) in [6, 6.07) is 8.27. The molecule has 1 unspecified atom stereocenters. The van der Waals surface area contributed by atoms with Crippen LogP contribution in [0.1, 0.15) is 18.4 Å². The maximum atomic E-state index is 5.64. The number of ether oxygens (including phenoxy) is 1. The molecular formula is C13H20N2O. The van der Waals surface area contributed by atoms with E-state index in [0.29, 0.717) is 6.61 Å². The molecule has 0 saturated heterocycles. The number of hydrogen-bond donors (Lipinski definition) is 2. The van der Waals surface area contributed by atoms with Crippen molar-refractivity contribution in [2.24, 2.45) is 5.84 Å². The van der Waals surface area contributed by atoms with Crippen LogP contribution in [0.3, 0.4) is 0 Å². The van der Waals surface area contributed by atoms with Crippen LogP contribution in [0.5, 0.6) is 5.75 Å². The molecule has 0 aliphatic carbocycles. The second-order valence-electron chi connectivity index (χ2n) is 3.84. The molecule has 0 aliphatic rings. The molecule has 0 radical (unpaired) electrons. The largest absolute Gasteiger partial charge is 0.494 e. The van der Waals surface area contributed by atoms with Crippen LogP contribution in [0.15, 0.2) is 36.9 Å². The number of rotatable bonds is 7. The molecular weight excluding hydrogens is 200 g/mol. The number of aryl methyl sites for hydroxylation is 1. The Kier molecular flexibility index (Phi) is 5.61. The van der Waals surface area contributed by atoms with E-state index in [9.17, 15) is 0 Å². The summed E-state index contributed by atoms with van der Waals surface area (Å²) in [5, 5.41) is 0. The van der Waals surface area contributed by atoms with Gasteiger partial charge in [-0.25, -0.2) is 0 Å². The Morgan fingerprint density at radius 2 is 2.38 bits per heavy atom. The van der Waals surface area contributed by atoms with E-state index in [0.717, 1.165) is 18.6 Å². The van der Waals surface area contributed by atoms with E-state index >= 15 is 0 Å². The molecule has 1 atom stereocenters. The highest BCUT2D eigenvalue weighted by atomic mass is 16.5. The van der Waals surface area contributed by atoms with Gasteiger partial charge in [-0.15, -0.1) is 6.58 Å². The molecule has 0 aromatic heterocycles. The van der Waals surface area contributed by atoms with Crippen molar-refractivity contribution < 1.29 is 4.74 Å². The van der Waals surface area contributed by atoms with Gasteiger partial charge < -0.3 is 4.74 Å². The van der Waals surface area contributed by atoms with Crippen molar-refractivity contribution >= 4 is 0 Å². The van der Waals surface area contributed by atoms with Crippen molar-refractivity contribution in [2.75, 3.05) is 6.61 Å². The summed E-state index contributed by atoms with van der Waals surface area (Å²) in [5.41, 5.74) is 3.96. The minimum atomic E-state index is 0.238. The van der Waals surface area contributed by atoms with Gasteiger partial charge >= 0.3 is 0 Å². The van der Waals surface area contributed by atoms with Crippen molar-refractivity contribution in [1.29, 1.82) is 0 Å². The predicted octanol–water partition coefficient (Wildman–Crippen LogP) is 2.17. The van der Waals surface area contributed by atoms with Gasteiger partial charge in [0.05, 0.1) is 6.61 Å². The van der Waals surface area contributed by atoms with Gasteiger partial charge in [-0.1, -0.05) is 18.2 Å². The summed E-state index contributed by atoms with van der Waals surface area (Å²) in [6.07, 6.45) is 3.58. The third kappa shape index (κ3) is 4.47. The molecule has 1 aromatic carbocycles. The Bertz CT molecular complexity index is 325. The Labute approximate surface area is 97.3 Å². The van der Waals surface area contributed by atoms with Crippen molar-refractivity contribution in [3.63, 3.8) is 0 Å². The van der Waals surface area contributed by atoms with Crippen molar-refractivity contribution in [3.8, 4) is 5.75 Å². The highest BCUT2D eigenvalue weighted by Crippen LogP contribution is 2.12. The number of nitrogens with two attached hydrogens (primary N) is 1. The quantitative estimate of drug-likeness (QED) is 0.420. The van der Waals surface area contributed by atoms with Crippen LogP contribution in [-0.2, 0) is 0 Å². The van der Waals surface area contributed by atoms with Crippen LogP contribution in [0, 0.1) is 6.92 Å². The molecule has 0 aliphatic heterocycles. The smallest absolute Gasteiger partial charge is 0.119 e. The first-order valence-corrected chi connectivity index (χ1v) is 5.52. The lowest BCUT2D eigenvalue weighted by molar-refractivity contribution is 0.286. The van der Waals surface area contributed by atoms with E-state index < -0.39 is 0 Å². The summed E-state index contributed by atoms with van der Waals surface area (Å²) in [4.78, 5) is 0. The summed E-state index contributed by atoms with van der Waals surface area (Å²) in [6.45, 7) is 6.40. The zero-order valence-electron chi connectivity index (χ0n) is 9.78. The van der Waals surface area contributed by atoms with Gasteiger partial charge in [0, 0.05) is 6.04 Å². The van der Waals surface area contributed by atoms with Crippen LogP contribution < -0.4 is 16.0 Å². The number of hydrogen-bond acceptors (Lipinski definition) is 3. The van der Waals surface area contributed by atoms with Crippen molar-refractivity contribution in [3.05, 3.63) is 42.5 Å². The van der Waals surface area contributed by atoms with E-state index in [1.807, 2.05) is 24.3 Å². The topological polar surface area (TPSA) is 47.3 Å². The number of benzene rings is 1. The maximum absolute atomic E-state index is 5.64. The first-order valence-electron chi connectivity index (χ1n) is 5.52. The highest BCUT2D eigenvalue weighted by molar-refractivity contribution is 5.27. The molecule has 3 N–H and O–H groups in total. The molecule has 0 bridgehead atoms. The number of nitrogens with one attached hydrogen (secondary N) is 1. The normalized spacial score (nSPS) is 12.1. The highest BCUT2D eigenvalue weighted by Gasteiger charge is 2.04. The standard InChI is InChI=1S/C13H20N2O/c1-3-5-12(15-14)8-9-16-13-7-4-6-11(2)10-13/h3-4,6-7,10,12,15H,1,5,8-9,14H2,2H3. The molecule has 3 nitrogen and oxygen atoms in total. The summed E-state index contributed by atoms with van der Waals surface area (Å²) < 4.78 is 5.64. The Balaban J connectivity index is 2.31. The summed E-state index contributed by atoms with van der Waals surface area (Å²) >= 11 is 0. The van der Waals surface area contributed by atoms with Gasteiger partial charge in [-0.3, -0.25) is 11.3 Å². The first-order chi connectivity index (χ1) is 7.76. The average Bonchev–Trinajstić information content (AvgIpc) is 2.28. The fourth-order valence-electron chi connectivity index (χ4n) is 1.49. The van der Waals surface area contributed by atoms with Gasteiger partial charge in [0.2, 0.25) is 0 Å². The van der Waals surface area contributed by atoms with Crippen LogP contribution in [0.4, 0.5) is 0 Å². The summed E-state index contributed by atoms with van der Waals surface area (Å²) in [7, 11) is 0. The minimum Gasteiger partial charge on any atom is -0.494 e. The van der Waals surface area contributed by atoms with E-state index in [-0.39, 0.29) is 6.04 Å². The molecule has 88 valence electrons. The molecule has 0 fully saturated rings. The molecule has 0 spiro atoms. The second kappa shape index (κ2) is 7.04. The molecule has 1 aromatic rings. The van der Waals surface area contributed by atoms with Crippen LogP contribution in [-0.4, -0.2) is 12.6 Å². The minimum absolute atomic E-state index is 0.238.